The molecule has 0 aromatic heterocycles. The van der Waals surface area contributed by atoms with Crippen LogP contribution in [0, 0.1) is 20.6 Å². The summed E-state index contributed by atoms with van der Waals surface area (Å²) < 4.78 is 4.41. The van der Waals surface area contributed by atoms with E-state index in [2.05, 4.69) is 4.74 Å². The highest BCUT2D eigenvalue weighted by Gasteiger charge is 2.15. The Morgan fingerprint density at radius 3 is 2.25 bits per heavy atom. The van der Waals surface area contributed by atoms with E-state index in [1.54, 1.807) is 12.1 Å². The van der Waals surface area contributed by atoms with Crippen LogP contribution >= 0.6 is 0 Å². The molecule has 16 heavy (non-hydrogen) atoms. The van der Waals surface area contributed by atoms with Gasteiger partial charge in [0.15, 0.2) is 6.10 Å². The van der Waals surface area contributed by atoms with Crippen LogP contribution in [-0.2, 0) is 9.53 Å². The quantitative estimate of drug-likeness (QED) is 0.628. The number of carbonyl (C=O) groups is 1. The average Bonchev–Trinajstić information content (AvgIpc) is 2.21. The molecule has 1 atom stereocenters. The van der Waals surface area contributed by atoms with Crippen molar-refractivity contribution >= 4 is 11.7 Å². The van der Waals surface area contributed by atoms with Gasteiger partial charge in [-0.05, 0) is 18.2 Å². The molecule has 1 N–H and O–H groups in total. The number of ether oxygens (including phenoxy) is 1. The Hall–Kier alpha value is -1.95. The van der Waals surface area contributed by atoms with Gasteiger partial charge in [0.2, 0.25) is 0 Å². The zero-order valence-electron chi connectivity index (χ0n) is 8.84. The van der Waals surface area contributed by atoms with Crippen LogP contribution in [0.2, 0.25) is 0 Å². The number of nitrogens with zero attached hydrogens (tertiary/aromatic N) is 1. The molecular weight excluding hydrogens is 214 g/mol. The van der Waals surface area contributed by atoms with Gasteiger partial charge in [-0.1, -0.05) is 6.07 Å². The van der Waals surface area contributed by atoms with Gasteiger partial charge in [-0.25, -0.2) is 4.79 Å². The lowest BCUT2D eigenvalue weighted by Gasteiger charge is -2.01. The summed E-state index contributed by atoms with van der Waals surface area (Å²) in [6.45, 7) is 1.47. The number of nitro groups is 1. The van der Waals surface area contributed by atoms with Crippen LogP contribution in [0.15, 0.2) is 18.2 Å². The summed E-state index contributed by atoms with van der Waals surface area (Å²) in [5.41, 5.74) is 0.257. The summed E-state index contributed by atoms with van der Waals surface area (Å²) in [6, 6.07) is 5.20. The molecule has 0 heterocycles. The third-order valence-electron chi connectivity index (χ3n) is 2.21. The van der Waals surface area contributed by atoms with Crippen LogP contribution in [0.1, 0.15) is 6.92 Å². The maximum absolute atomic E-state index is 10.0. The third kappa shape index (κ3) is 2.34. The molecule has 6 nitrogen and oxygen atoms in total. The Bertz CT molecular complexity index is 510. The molecular formula is C10H11NO5. The first-order chi connectivity index (χ1) is 7.47. The fourth-order valence-electron chi connectivity index (χ4n) is 1.02. The van der Waals surface area contributed by atoms with E-state index >= 15 is 0 Å². The van der Waals surface area contributed by atoms with Crippen LogP contribution in [0.3, 0.4) is 0 Å². The first kappa shape index (κ1) is 12.1. The number of benzene rings is 1. The van der Waals surface area contributed by atoms with E-state index in [0.29, 0.717) is 0 Å². The Kier molecular flexibility index (Phi) is 3.57. The number of hydrogen-bond acceptors (Lipinski definition) is 4. The third-order valence-corrected chi connectivity index (χ3v) is 2.21. The zero-order chi connectivity index (χ0) is 12.3. The van der Waals surface area contributed by atoms with Crippen LogP contribution in [0.25, 0.3) is 0 Å². The number of aliphatic carboxylic acids is 1. The van der Waals surface area contributed by atoms with Gasteiger partial charge < -0.3 is 9.84 Å². The first-order valence-corrected chi connectivity index (χ1v) is 4.51. The molecule has 86 valence electrons. The smallest absolute Gasteiger partial charge is 0.332 e. The molecule has 0 saturated heterocycles. The van der Waals surface area contributed by atoms with Crippen molar-refractivity contribution < 1.29 is 19.6 Å². The summed E-state index contributed by atoms with van der Waals surface area (Å²) in [6.07, 6.45) is -0.681. The number of carboxylic acid groups (broad SMARTS) is 1. The van der Waals surface area contributed by atoms with Gasteiger partial charge in [-0.3, -0.25) is 10.1 Å². The molecule has 1 unspecified atom stereocenters. The monoisotopic (exact) mass is 225 g/mol. The lowest BCUT2D eigenvalue weighted by Crippen LogP contribution is -2.17. The lowest BCUT2D eigenvalue weighted by atomic mass is 10.1. The van der Waals surface area contributed by atoms with Gasteiger partial charge in [0.1, 0.15) is 0 Å². The molecule has 6 heteroatoms. The van der Waals surface area contributed by atoms with Crippen molar-refractivity contribution in [3.05, 3.63) is 38.8 Å². The Morgan fingerprint density at radius 1 is 1.56 bits per heavy atom. The second-order valence-corrected chi connectivity index (χ2v) is 3.21. The van der Waals surface area contributed by atoms with Crippen LogP contribution < -0.4 is 0 Å². The van der Waals surface area contributed by atoms with E-state index < -0.39 is 12.1 Å². The Morgan fingerprint density at radius 2 is 2.19 bits per heavy atom. The molecule has 0 saturated carbocycles. The summed E-state index contributed by atoms with van der Waals surface area (Å²) in [7, 11) is 1.36. The fraction of sp³-hybridized carbons (Fsp3) is 0.300. The van der Waals surface area contributed by atoms with Crippen molar-refractivity contribution in [2.75, 3.05) is 7.11 Å². The topological polar surface area (TPSA) is 89.7 Å². The first-order valence-electron chi connectivity index (χ1n) is 4.51. The van der Waals surface area contributed by atoms with Crippen molar-refractivity contribution in [1.29, 1.82) is 0 Å². The molecule has 2 rings (SSSR count). The predicted molar refractivity (Wildman–Crippen MR) is 54.9 cm³/mol. The second kappa shape index (κ2) is 4.71. The summed E-state index contributed by atoms with van der Waals surface area (Å²) in [5.74, 6) is -0.928. The summed E-state index contributed by atoms with van der Waals surface area (Å²) in [5, 5.41) is 19.9. The van der Waals surface area contributed by atoms with E-state index in [9.17, 15) is 14.9 Å². The average molecular weight is 225 g/mol. The van der Waals surface area contributed by atoms with Gasteiger partial charge in [-0.2, -0.15) is 0 Å². The van der Waals surface area contributed by atoms with E-state index in [1.165, 1.54) is 14.0 Å². The van der Waals surface area contributed by atoms with Gasteiger partial charge in [0, 0.05) is 13.2 Å². The maximum atomic E-state index is 10.0. The minimum atomic E-state index is -0.928. The van der Waals surface area contributed by atoms with Gasteiger partial charge in [0.05, 0.1) is 10.1 Å². The van der Waals surface area contributed by atoms with Crippen molar-refractivity contribution in [1.82, 2.24) is 0 Å². The summed E-state index contributed by atoms with van der Waals surface area (Å²) in [4.78, 5) is 19.5. The highest BCUT2D eigenvalue weighted by molar-refractivity contribution is 5.71. The molecule has 0 fully saturated rings. The second-order valence-electron chi connectivity index (χ2n) is 3.21. The standard InChI is InChI=1S/C6H3NO2.C4H8O3/c8-7(9)6-3-4-1-2-5(4)6;1-3(7-2)4(5)6/h1-3H;3H,1-2H3,(H,5,6). The normalized spacial score (nSPS) is 12.1. The molecule has 0 aliphatic heterocycles. The highest BCUT2D eigenvalue weighted by atomic mass is 16.6. The molecule has 0 spiro atoms. The number of hydrogen-bond donors (Lipinski definition) is 1. The van der Waals surface area contributed by atoms with Crippen LogP contribution in [0.5, 0.6) is 0 Å². The maximum Gasteiger partial charge on any atom is 0.332 e. The number of methoxy groups -OCH3 is 1. The Labute approximate surface area is 90.9 Å². The van der Waals surface area contributed by atoms with Crippen LogP contribution in [-0.4, -0.2) is 29.2 Å². The number of nitro benzene ring substituents is 1. The molecule has 2 aliphatic carbocycles. The zero-order valence-corrected chi connectivity index (χ0v) is 8.84. The van der Waals surface area contributed by atoms with Crippen molar-refractivity contribution in [3.63, 3.8) is 0 Å². The van der Waals surface area contributed by atoms with Crippen molar-refractivity contribution in [2.24, 2.45) is 0 Å². The molecule has 0 amide bonds. The van der Waals surface area contributed by atoms with E-state index in [4.69, 9.17) is 5.11 Å². The van der Waals surface area contributed by atoms with E-state index in [-0.39, 0.29) is 10.6 Å². The Balaban J connectivity index is 0.000000168. The minimum absolute atomic E-state index is 0.257. The number of rotatable bonds is 3. The van der Waals surface area contributed by atoms with Crippen LogP contribution in [0.4, 0.5) is 5.69 Å². The van der Waals surface area contributed by atoms with Gasteiger partial charge in [0.25, 0.3) is 5.69 Å². The van der Waals surface area contributed by atoms with Gasteiger partial charge in [-0.15, -0.1) is 0 Å². The lowest BCUT2D eigenvalue weighted by molar-refractivity contribution is -0.386. The van der Waals surface area contributed by atoms with E-state index in [0.717, 1.165) is 10.4 Å². The fourth-order valence-corrected chi connectivity index (χ4v) is 1.02. The van der Waals surface area contributed by atoms with Gasteiger partial charge >= 0.3 is 5.97 Å². The number of non-ortho nitro benzene ring substituents is 1. The highest BCUT2D eigenvalue weighted by Crippen LogP contribution is 2.22. The molecule has 0 radical (unpaired) electrons. The molecule has 0 aromatic carbocycles. The van der Waals surface area contributed by atoms with Crippen molar-refractivity contribution in [3.8, 4) is 0 Å². The predicted octanol–water partition coefficient (Wildman–Crippen LogP) is 1.30. The summed E-state index contributed by atoms with van der Waals surface area (Å²) >= 11 is 0. The molecule has 2 aliphatic rings. The number of carboxylic acids is 1. The van der Waals surface area contributed by atoms with Crippen molar-refractivity contribution in [2.45, 2.75) is 13.0 Å². The minimum Gasteiger partial charge on any atom is -0.479 e. The molecule has 0 aromatic rings. The molecule has 0 bridgehead atoms. The van der Waals surface area contributed by atoms with E-state index in [1.807, 2.05) is 6.07 Å². The SMILES string of the molecule is COC(C)C(=O)O.O=[N+]([O-])c1cc2ccc1=2. The largest absolute Gasteiger partial charge is 0.479 e.